The van der Waals surface area contributed by atoms with Crippen molar-refractivity contribution in [1.82, 2.24) is 5.32 Å². The summed E-state index contributed by atoms with van der Waals surface area (Å²) < 4.78 is 10.3. The van der Waals surface area contributed by atoms with Crippen LogP contribution in [0.1, 0.15) is 47.0 Å². The minimum absolute atomic E-state index is 0.00816. The van der Waals surface area contributed by atoms with Crippen LogP contribution in [0.15, 0.2) is 12.7 Å². The van der Waals surface area contributed by atoms with Gasteiger partial charge in [0.2, 0.25) is 0 Å². The second kappa shape index (κ2) is 7.81. The first-order valence-electron chi connectivity index (χ1n) is 8.09. The number of aliphatic hydroxyl groups is 1. The van der Waals surface area contributed by atoms with Gasteiger partial charge in [-0.3, -0.25) is 4.79 Å². The number of aliphatic hydroxyl groups excluding tert-OH is 1. The van der Waals surface area contributed by atoms with Gasteiger partial charge >= 0.3 is 12.1 Å². The molecule has 0 bridgehead atoms. The molecule has 0 saturated heterocycles. The first kappa shape index (κ1) is 19.5. The van der Waals surface area contributed by atoms with Crippen LogP contribution in [-0.2, 0) is 14.3 Å². The SMILES string of the molecule is C=C[C@@H]1CCC(CNC(=O)OC(C)(C)C)(C(=O)OCC)C(O)C1. The molecule has 2 N–H and O–H groups in total. The lowest BCUT2D eigenvalue weighted by molar-refractivity contribution is -0.167. The van der Waals surface area contributed by atoms with Crippen LogP contribution >= 0.6 is 0 Å². The van der Waals surface area contributed by atoms with E-state index in [2.05, 4.69) is 11.9 Å². The lowest BCUT2D eigenvalue weighted by Gasteiger charge is -2.41. The molecule has 1 saturated carbocycles. The van der Waals surface area contributed by atoms with Gasteiger partial charge in [0.25, 0.3) is 0 Å². The number of hydrogen-bond donors (Lipinski definition) is 2. The van der Waals surface area contributed by atoms with E-state index in [4.69, 9.17) is 9.47 Å². The summed E-state index contributed by atoms with van der Waals surface area (Å²) in [5, 5.41) is 13.1. The molecule has 1 aliphatic rings. The summed E-state index contributed by atoms with van der Waals surface area (Å²) in [6.45, 7) is 11.0. The Kier molecular flexibility index (Phi) is 6.62. The van der Waals surface area contributed by atoms with E-state index in [9.17, 15) is 14.7 Å². The molecule has 0 aromatic carbocycles. The van der Waals surface area contributed by atoms with Crippen LogP contribution < -0.4 is 5.32 Å². The highest BCUT2D eigenvalue weighted by atomic mass is 16.6. The van der Waals surface area contributed by atoms with Crippen molar-refractivity contribution in [3.63, 3.8) is 0 Å². The van der Waals surface area contributed by atoms with E-state index < -0.39 is 29.2 Å². The summed E-state index contributed by atoms with van der Waals surface area (Å²) in [6.07, 6.45) is 1.86. The third-order valence-electron chi connectivity index (χ3n) is 4.09. The second-order valence-corrected chi connectivity index (χ2v) is 7.02. The zero-order valence-electron chi connectivity index (χ0n) is 14.6. The number of ether oxygens (including phenoxy) is 2. The monoisotopic (exact) mass is 327 g/mol. The van der Waals surface area contributed by atoms with E-state index in [0.717, 1.165) is 6.42 Å². The molecular weight excluding hydrogens is 298 g/mol. The van der Waals surface area contributed by atoms with E-state index in [0.29, 0.717) is 12.8 Å². The van der Waals surface area contributed by atoms with Crippen molar-refractivity contribution in [2.24, 2.45) is 11.3 Å². The maximum atomic E-state index is 12.4. The topological polar surface area (TPSA) is 84.9 Å². The first-order chi connectivity index (χ1) is 10.6. The zero-order chi connectivity index (χ0) is 17.7. The highest BCUT2D eigenvalue weighted by molar-refractivity contribution is 5.79. The maximum Gasteiger partial charge on any atom is 0.407 e. The molecule has 6 heteroatoms. The normalized spacial score (nSPS) is 27.9. The molecule has 1 fully saturated rings. The molecule has 0 heterocycles. The average molecular weight is 327 g/mol. The summed E-state index contributed by atoms with van der Waals surface area (Å²) in [6, 6.07) is 0. The van der Waals surface area contributed by atoms with Gasteiger partial charge in [0, 0.05) is 6.54 Å². The Morgan fingerprint density at radius 1 is 1.43 bits per heavy atom. The van der Waals surface area contributed by atoms with Crippen LogP contribution in [0.2, 0.25) is 0 Å². The molecule has 132 valence electrons. The van der Waals surface area contributed by atoms with Gasteiger partial charge in [-0.2, -0.15) is 0 Å². The standard InChI is InChI=1S/C17H29NO5/c1-6-12-8-9-17(13(19)10-12,14(20)22-7-2)11-18-15(21)23-16(3,4)5/h6,12-13,19H,1,7-11H2,2-5H3,(H,18,21)/t12-,13?,17?/m1/s1. The van der Waals surface area contributed by atoms with Crippen LogP contribution in [0.4, 0.5) is 4.79 Å². The largest absolute Gasteiger partial charge is 0.465 e. The van der Waals surface area contributed by atoms with Gasteiger partial charge in [-0.15, -0.1) is 6.58 Å². The predicted molar refractivity (Wildman–Crippen MR) is 86.8 cm³/mol. The fourth-order valence-corrected chi connectivity index (χ4v) is 2.79. The quantitative estimate of drug-likeness (QED) is 0.598. The minimum Gasteiger partial charge on any atom is -0.465 e. The van der Waals surface area contributed by atoms with Crippen molar-refractivity contribution in [3.05, 3.63) is 12.7 Å². The summed E-state index contributed by atoms with van der Waals surface area (Å²) in [7, 11) is 0. The number of alkyl carbamates (subject to hydrolysis) is 1. The van der Waals surface area contributed by atoms with E-state index in [1.807, 2.05) is 0 Å². The molecule has 2 unspecified atom stereocenters. The Morgan fingerprint density at radius 3 is 2.57 bits per heavy atom. The van der Waals surface area contributed by atoms with E-state index in [1.54, 1.807) is 33.8 Å². The van der Waals surface area contributed by atoms with E-state index in [-0.39, 0.29) is 19.1 Å². The number of amides is 1. The van der Waals surface area contributed by atoms with Crippen LogP contribution in [0.3, 0.4) is 0 Å². The zero-order valence-corrected chi connectivity index (χ0v) is 14.6. The second-order valence-electron chi connectivity index (χ2n) is 7.02. The summed E-state index contributed by atoms with van der Waals surface area (Å²) in [4.78, 5) is 24.3. The minimum atomic E-state index is -1.13. The molecule has 3 atom stereocenters. The number of carbonyl (C=O) groups excluding carboxylic acids is 2. The fraction of sp³-hybridized carbons (Fsp3) is 0.765. The van der Waals surface area contributed by atoms with Gasteiger partial charge in [0.05, 0.1) is 12.7 Å². The molecular formula is C17H29NO5. The van der Waals surface area contributed by atoms with Crippen molar-refractivity contribution in [1.29, 1.82) is 0 Å². The smallest absolute Gasteiger partial charge is 0.407 e. The Balaban J connectivity index is 2.83. The van der Waals surface area contributed by atoms with E-state index >= 15 is 0 Å². The Bertz CT molecular complexity index is 443. The van der Waals surface area contributed by atoms with Gasteiger partial charge in [-0.05, 0) is 52.9 Å². The average Bonchev–Trinajstić information content (AvgIpc) is 2.44. The number of esters is 1. The molecule has 0 aromatic heterocycles. The van der Waals surface area contributed by atoms with E-state index in [1.165, 1.54) is 0 Å². The predicted octanol–water partition coefficient (Wildman–Crippen LogP) is 2.41. The van der Waals surface area contributed by atoms with Gasteiger partial charge < -0.3 is 19.9 Å². The Hall–Kier alpha value is -1.56. The van der Waals surface area contributed by atoms with Crippen molar-refractivity contribution >= 4 is 12.1 Å². The van der Waals surface area contributed by atoms with Crippen molar-refractivity contribution in [2.75, 3.05) is 13.2 Å². The number of rotatable bonds is 5. The Morgan fingerprint density at radius 2 is 2.09 bits per heavy atom. The van der Waals surface area contributed by atoms with Gasteiger partial charge in [-0.25, -0.2) is 4.79 Å². The third kappa shape index (κ3) is 5.23. The molecule has 0 aromatic rings. The molecule has 1 amide bonds. The molecule has 23 heavy (non-hydrogen) atoms. The number of carbonyl (C=O) groups is 2. The van der Waals surface area contributed by atoms with Crippen molar-refractivity contribution in [3.8, 4) is 0 Å². The summed E-state index contributed by atoms with van der Waals surface area (Å²) >= 11 is 0. The maximum absolute atomic E-state index is 12.4. The summed E-state index contributed by atoms with van der Waals surface area (Å²) in [5.74, 6) is -0.319. The van der Waals surface area contributed by atoms with Gasteiger partial charge in [-0.1, -0.05) is 6.08 Å². The van der Waals surface area contributed by atoms with Crippen LogP contribution in [0.5, 0.6) is 0 Å². The molecule has 0 spiro atoms. The molecule has 1 rings (SSSR count). The molecule has 0 radical (unpaired) electrons. The van der Waals surface area contributed by atoms with Crippen LogP contribution in [0.25, 0.3) is 0 Å². The lowest BCUT2D eigenvalue weighted by Crippen LogP contribution is -2.54. The molecule has 0 aliphatic heterocycles. The van der Waals surface area contributed by atoms with Gasteiger partial charge in [0.1, 0.15) is 11.0 Å². The Labute approximate surface area is 138 Å². The molecule has 1 aliphatic carbocycles. The van der Waals surface area contributed by atoms with Crippen LogP contribution in [0, 0.1) is 11.3 Å². The van der Waals surface area contributed by atoms with Crippen molar-refractivity contribution < 1.29 is 24.2 Å². The first-order valence-corrected chi connectivity index (χ1v) is 8.09. The summed E-state index contributed by atoms with van der Waals surface area (Å²) in [5.41, 5.74) is -1.76. The number of allylic oxidation sites excluding steroid dienone is 1. The number of hydrogen-bond acceptors (Lipinski definition) is 5. The fourth-order valence-electron chi connectivity index (χ4n) is 2.79. The third-order valence-corrected chi connectivity index (χ3v) is 4.09. The lowest BCUT2D eigenvalue weighted by atomic mass is 9.68. The molecule has 6 nitrogen and oxygen atoms in total. The number of nitrogens with one attached hydrogen (secondary N) is 1. The van der Waals surface area contributed by atoms with Gasteiger partial charge in [0.15, 0.2) is 0 Å². The highest BCUT2D eigenvalue weighted by Crippen LogP contribution is 2.40. The van der Waals surface area contributed by atoms with Crippen molar-refractivity contribution in [2.45, 2.75) is 58.7 Å². The highest BCUT2D eigenvalue weighted by Gasteiger charge is 2.49. The van der Waals surface area contributed by atoms with Crippen LogP contribution in [-0.4, -0.2) is 42.0 Å².